The minimum Gasteiger partial charge on any atom is -0.497 e. The van der Waals surface area contributed by atoms with Crippen LogP contribution >= 0.6 is 0 Å². The van der Waals surface area contributed by atoms with Gasteiger partial charge in [0, 0.05) is 0 Å². The number of ether oxygens (including phenoxy) is 2. The van der Waals surface area contributed by atoms with Gasteiger partial charge < -0.3 is 13.9 Å². The molecule has 1 aliphatic rings. The molecule has 4 aromatic carbocycles. The van der Waals surface area contributed by atoms with Crippen molar-refractivity contribution in [3.05, 3.63) is 115 Å². The van der Waals surface area contributed by atoms with Crippen LogP contribution in [0.1, 0.15) is 27.7 Å². The first kappa shape index (κ1) is 26.9. The second-order valence-corrected chi connectivity index (χ2v) is 14.5. The van der Waals surface area contributed by atoms with Crippen LogP contribution in [0.4, 0.5) is 5.69 Å². The fourth-order valence-corrected chi connectivity index (χ4v) is 9.61. The van der Waals surface area contributed by atoms with Crippen molar-refractivity contribution in [1.29, 1.82) is 0 Å². The molecule has 5 rings (SSSR count). The fraction of sp³-hybridized carbons (Fsp3) is 0.265. The van der Waals surface area contributed by atoms with E-state index in [0.717, 1.165) is 17.3 Å². The highest BCUT2D eigenvalue weighted by Gasteiger charge is 2.53. The van der Waals surface area contributed by atoms with Gasteiger partial charge in [0.1, 0.15) is 11.9 Å². The van der Waals surface area contributed by atoms with Gasteiger partial charge in [0.25, 0.3) is 8.32 Å². The molecular formula is C34H37NO3Si. The van der Waals surface area contributed by atoms with E-state index < -0.39 is 8.32 Å². The zero-order valence-electron chi connectivity index (χ0n) is 23.4. The predicted octanol–water partition coefficient (Wildman–Crippen LogP) is 5.86. The van der Waals surface area contributed by atoms with Crippen LogP contribution in [0.25, 0.3) is 0 Å². The molecule has 1 saturated heterocycles. The number of methoxy groups -OCH3 is 1. The summed E-state index contributed by atoms with van der Waals surface area (Å²) in [4.78, 5) is 4.89. The van der Waals surface area contributed by atoms with Gasteiger partial charge in [0.2, 0.25) is 0 Å². The smallest absolute Gasteiger partial charge is 0.288 e. The minimum absolute atomic E-state index is 0.0533. The normalized spacial score (nSPS) is 19.2. The molecule has 0 unspecified atom stereocenters. The number of aliphatic imine (C=N–C) groups is 1. The van der Waals surface area contributed by atoms with Crippen LogP contribution in [0.3, 0.4) is 0 Å². The lowest BCUT2D eigenvalue weighted by Crippen LogP contribution is -2.72. The Bertz CT molecular complexity index is 1290. The molecule has 0 aromatic heterocycles. The summed E-state index contributed by atoms with van der Waals surface area (Å²) >= 11 is 0. The largest absolute Gasteiger partial charge is 0.497 e. The van der Waals surface area contributed by atoms with Crippen molar-refractivity contribution >= 4 is 35.5 Å². The van der Waals surface area contributed by atoms with Crippen LogP contribution < -0.4 is 20.3 Å². The average Bonchev–Trinajstić information content (AvgIpc) is 2.94. The van der Waals surface area contributed by atoms with E-state index in [1.54, 1.807) is 7.11 Å². The summed E-state index contributed by atoms with van der Waals surface area (Å²) < 4.78 is 19.2. The average molecular weight is 536 g/mol. The van der Waals surface area contributed by atoms with Crippen molar-refractivity contribution in [2.45, 2.75) is 39.9 Å². The van der Waals surface area contributed by atoms with Crippen LogP contribution in [0.5, 0.6) is 5.75 Å². The molecule has 0 N–H and O–H groups in total. The minimum atomic E-state index is -2.86. The molecule has 0 bridgehead atoms. The van der Waals surface area contributed by atoms with E-state index in [1.165, 1.54) is 15.6 Å². The first-order valence-electron chi connectivity index (χ1n) is 13.6. The second-order valence-electron chi connectivity index (χ2n) is 11.2. The molecule has 0 saturated carbocycles. The van der Waals surface area contributed by atoms with Gasteiger partial charge in [0.05, 0.1) is 24.8 Å². The summed E-state index contributed by atoms with van der Waals surface area (Å²) in [7, 11) is -1.19. The molecule has 1 fully saturated rings. The number of benzene rings is 4. The Labute approximate surface area is 233 Å². The molecular weight excluding hydrogens is 498 g/mol. The van der Waals surface area contributed by atoms with Gasteiger partial charge in [-0.05, 0) is 52.2 Å². The zero-order chi connectivity index (χ0) is 27.5. The van der Waals surface area contributed by atoms with Gasteiger partial charge in [-0.15, -0.1) is 0 Å². The fourth-order valence-electron chi connectivity index (χ4n) is 5.53. The molecule has 4 nitrogen and oxygen atoms in total. The quantitative estimate of drug-likeness (QED) is 0.210. The molecule has 1 aliphatic heterocycles. The van der Waals surface area contributed by atoms with Crippen LogP contribution in [-0.2, 0) is 9.16 Å². The van der Waals surface area contributed by atoms with Crippen LogP contribution in [0.2, 0.25) is 0 Å². The lowest BCUT2D eigenvalue weighted by atomic mass is 9.72. The molecule has 0 spiro atoms. The third-order valence-electron chi connectivity index (χ3n) is 7.46. The third-order valence-corrected chi connectivity index (χ3v) is 11.6. The number of rotatable bonds is 8. The lowest BCUT2D eigenvalue weighted by molar-refractivity contribution is -0.0630. The maximum absolute atomic E-state index is 7.40. The number of hydrogen-bond donors (Lipinski definition) is 0. The monoisotopic (exact) mass is 535 g/mol. The molecule has 0 radical (unpaired) electrons. The molecule has 1 heterocycles. The molecule has 0 amide bonds. The van der Waals surface area contributed by atoms with Gasteiger partial charge >= 0.3 is 0 Å². The van der Waals surface area contributed by atoms with Crippen molar-refractivity contribution in [1.82, 2.24) is 0 Å². The Morgan fingerprint density at radius 3 is 1.59 bits per heavy atom. The van der Waals surface area contributed by atoms with Crippen molar-refractivity contribution < 1.29 is 13.9 Å². The first-order valence-corrected chi connectivity index (χ1v) is 15.5. The Hall–Kier alpha value is -3.67. The predicted molar refractivity (Wildman–Crippen MR) is 162 cm³/mol. The summed E-state index contributed by atoms with van der Waals surface area (Å²) in [5.41, 5.74) is 0.802. The van der Waals surface area contributed by atoms with Gasteiger partial charge in [-0.1, -0.05) is 112 Å². The topological polar surface area (TPSA) is 40.0 Å². The van der Waals surface area contributed by atoms with E-state index in [1.807, 2.05) is 24.3 Å². The summed E-state index contributed by atoms with van der Waals surface area (Å²) in [6, 6.07) is 39.8. The summed E-state index contributed by atoms with van der Waals surface area (Å²) in [6.45, 7) is 8.91. The SMILES string of the molecule is COc1ccc(N=C2O[C@@H]([C@H](C)O[Si](c3ccccc3)(c3ccccc3)c3ccccc3)[C@@H]2C(C)(C)C)cc1. The maximum Gasteiger partial charge on any atom is 0.288 e. The van der Waals surface area contributed by atoms with Crippen molar-refractivity contribution in [2.24, 2.45) is 16.3 Å². The Morgan fingerprint density at radius 1 is 0.718 bits per heavy atom. The van der Waals surface area contributed by atoms with E-state index in [4.69, 9.17) is 18.9 Å². The summed E-state index contributed by atoms with van der Waals surface area (Å²) in [5.74, 6) is 1.69. The third kappa shape index (κ3) is 5.42. The molecule has 4 aromatic rings. The van der Waals surface area contributed by atoms with Crippen LogP contribution in [0, 0.1) is 11.3 Å². The van der Waals surface area contributed by atoms with Gasteiger partial charge in [-0.2, -0.15) is 0 Å². The number of hydrogen-bond acceptors (Lipinski definition) is 4. The van der Waals surface area contributed by atoms with Crippen molar-refractivity contribution in [3.8, 4) is 5.75 Å². The Balaban J connectivity index is 1.54. The van der Waals surface area contributed by atoms with Gasteiger partial charge in [-0.3, -0.25) is 0 Å². The van der Waals surface area contributed by atoms with E-state index in [0.29, 0.717) is 0 Å². The summed E-state index contributed by atoms with van der Waals surface area (Å²) in [5, 5.41) is 3.65. The van der Waals surface area contributed by atoms with Crippen molar-refractivity contribution in [3.63, 3.8) is 0 Å². The van der Waals surface area contributed by atoms with Crippen LogP contribution in [0.15, 0.2) is 120 Å². The van der Waals surface area contributed by atoms with Crippen LogP contribution in [-0.4, -0.2) is 33.5 Å². The molecule has 200 valence electrons. The second kappa shape index (κ2) is 11.2. The van der Waals surface area contributed by atoms with E-state index >= 15 is 0 Å². The number of nitrogens with zero attached hydrogens (tertiary/aromatic N) is 1. The highest BCUT2D eigenvalue weighted by Crippen LogP contribution is 2.42. The lowest BCUT2D eigenvalue weighted by Gasteiger charge is -2.49. The Morgan fingerprint density at radius 2 is 1.18 bits per heavy atom. The highest BCUT2D eigenvalue weighted by molar-refractivity contribution is 7.07. The van der Waals surface area contributed by atoms with Gasteiger partial charge in [-0.25, -0.2) is 4.99 Å². The van der Waals surface area contributed by atoms with E-state index in [-0.39, 0.29) is 23.5 Å². The standard InChI is InChI=1S/C34H37NO3Si/c1-25(32-31(34(2,3)4)33(37-32)35-26-21-23-27(36-5)24-22-26)38-39(28-15-9-6-10-16-28,29-17-11-7-12-18-29)30-19-13-8-14-20-30/h6-25,31-32H,1-5H3/t25-,31-,32-/m0/s1. The molecule has 3 atom stereocenters. The van der Waals surface area contributed by atoms with E-state index in [9.17, 15) is 0 Å². The molecule has 39 heavy (non-hydrogen) atoms. The zero-order valence-corrected chi connectivity index (χ0v) is 24.4. The van der Waals surface area contributed by atoms with Gasteiger partial charge in [0.15, 0.2) is 5.90 Å². The molecule has 0 aliphatic carbocycles. The van der Waals surface area contributed by atoms with E-state index in [2.05, 4.69) is 119 Å². The summed E-state index contributed by atoms with van der Waals surface area (Å²) in [6.07, 6.45) is -0.290. The highest BCUT2D eigenvalue weighted by atomic mass is 28.4. The maximum atomic E-state index is 7.40. The Kier molecular flexibility index (Phi) is 7.73. The molecule has 5 heteroatoms. The van der Waals surface area contributed by atoms with Crippen molar-refractivity contribution in [2.75, 3.05) is 7.11 Å². The first-order chi connectivity index (χ1) is 18.8.